The zero-order chi connectivity index (χ0) is 21.3. The second-order valence-corrected chi connectivity index (χ2v) is 9.36. The second-order valence-electron chi connectivity index (χ2n) is 6.23. The maximum atomic E-state index is 12.5. The van der Waals surface area contributed by atoms with Crippen molar-refractivity contribution in [2.24, 2.45) is 4.99 Å². The van der Waals surface area contributed by atoms with E-state index in [1.54, 1.807) is 31.3 Å². The zero-order valence-corrected chi connectivity index (χ0v) is 17.5. The number of benzene rings is 1. The lowest BCUT2D eigenvalue weighted by Crippen LogP contribution is -2.39. The average molecular weight is 449 g/mol. The van der Waals surface area contributed by atoms with Crippen molar-refractivity contribution in [3.63, 3.8) is 0 Å². The van der Waals surface area contributed by atoms with Gasteiger partial charge in [-0.05, 0) is 12.0 Å². The lowest BCUT2D eigenvalue weighted by molar-refractivity contribution is -0.140. The summed E-state index contributed by atoms with van der Waals surface area (Å²) in [5.74, 6) is 0.512. The zero-order valence-electron chi connectivity index (χ0n) is 15.9. The molecular formula is C18H23F3N4O2S2. The molecule has 0 saturated carbocycles. The van der Waals surface area contributed by atoms with E-state index in [9.17, 15) is 21.6 Å². The number of aromatic nitrogens is 1. The van der Waals surface area contributed by atoms with E-state index in [0.29, 0.717) is 36.9 Å². The van der Waals surface area contributed by atoms with Crippen LogP contribution in [-0.4, -0.2) is 45.3 Å². The maximum Gasteiger partial charge on any atom is 0.434 e. The molecule has 1 aromatic carbocycles. The molecule has 11 heteroatoms. The third-order valence-electron chi connectivity index (χ3n) is 3.85. The van der Waals surface area contributed by atoms with Crippen molar-refractivity contribution < 1.29 is 21.6 Å². The van der Waals surface area contributed by atoms with E-state index >= 15 is 0 Å². The fraction of sp³-hybridized carbons (Fsp3) is 0.444. The van der Waals surface area contributed by atoms with E-state index in [1.807, 2.05) is 6.07 Å². The van der Waals surface area contributed by atoms with Crippen LogP contribution in [0.25, 0.3) is 0 Å². The number of hydrogen-bond acceptors (Lipinski definition) is 5. The molecule has 1 heterocycles. The number of sulfone groups is 1. The summed E-state index contributed by atoms with van der Waals surface area (Å²) >= 11 is 0.962. The van der Waals surface area contributed by atoms with Gasteiger partial charge in [0, 0.05) is 31.9 Å². The van der Waals surface area contributed by atoms with Crippen molar-refractivity contribution in [1.82, 2.24) is 15.6 Å². The number of rotatable bonds is 9. The van der Waals surface area contributed by atoms with E-state index in [4.69, 9.17) is 0 Å². The first kappa shape index (κ1) is 23.1. The van der Waals surface area contributed by atoms with Gasteiger partial charge in [0.15, 0.2) is 21.5 Å². The molecule has 2 rings (SSSR count). The fourth-order valence-electron chi connectivity index (χ4n) is 2.46. The van der Waals surface area contributed by atoms with Gasteiger partial charge in [0.25, 0.3) is 0 Å². The quantitative estimate of drug-likeness (QED) is 0.350. The number of nitrogens with one attached hydrogen (secondary N) is 2. The number of guanidine groups is 1. The largest absolute Gasteiger partial charge is 0.434 e. The standard InChI is InChI=1S/C18H23F3N4O2S2/c1-22-17(24-10-8-16-25-15(12-28-16)18(19,20)21)23-9-5-11-29(26,27)13-14-6-3-2-4-7-14/h2-4,6-7,12H,5,8-11,13H2,1H3,(H2,22,23,24). The van der Waals surface area contributed by atoms with Crippen LogP contribution in [0, 0.1) is 0 Å². The molecule has 0 saturated heterocycles. The van der Waals surface area contributed by atoms with Gasteiger partial charge >= 0.3 is 6.18 Å². The molecule has 0 bridgehead atoms. The second kappa shape index (κ2) is 10.6. The van der Waals surface area contributed by atoms with E-state index in [-0.39, 0.29) is 11.5 Å². The molecule has 0 unspecified atom stereocenters. The van der Waals surface area contributed by atoms with Crippen LogP contribution in [0.5, 0.6) is 0 Å². The minimum atomic E-state index is -4.43. The Morgan fingerprint density at radius 3 is 2.48 bits per heavy atom. The summed E-state index contributed by atoms with van der Waals surface area (Å²) in [7, 11) is -1.64. The highest BCUT2D eigenvalue weighted by Crippen LogP contribution is 2.29. The molecule has 0 radical (unpaired) electrons. The fourth-order valence-corrected chi connectivity index (χ4v) is 4.70. The van der Waals surface area contributed by atoms with Gasteiger partial charge in [0.2, 0.25) is 0 Å². The Balaban J connectivity index is 1.68. The molecule has 2 aromatic rings. The monoisotopic (exact) mass is 448 g/mol. The predicted octanol–water partition coefficient (Wildman–Crippen LogP) is 2.87. The van der Waals surface area contributed by atoms with Crippen molar-refractivity contribution >= 4 is 27.1 Å². The number of nitrogens with zero attached hydrogens (tertiary/aromatic N) is 2. The average Bonchev–Trinajstić information content (AvgIpc) is 3.13. The first-order valence-corrected chi connectivity index (χ1v) is 11.6. The molecule has 160 valence electrons. The van der Waals surface area contributed by atoms with Crippen LogP contribution in [0.1, 0.15) is 22.7 Å². The van der Waals surface area contributed by atoms with Crippen LogP contribution in [0.3, 0.4) is 0 Å². The third-order valence-corrected chi connectivity index (χ3v) is 6.44. The van der Waals surface area contributed by atoms with E-state index < -0.39 is 21.7 Å². The summed E-state index contributed by atoms with van der Waals surface area (Å²) in [6.45, 7) is 0.764. The Morgan fingerprint density at radius 2 is 1.86 bits per heavy atom. The molecule has 2 N–H and O–H groups in total. The molecule has 0 aliphatic carbocycles. The van der Waals surface area contributed by atoms with Crippen LogP contribution in [0.2, 0.25) is 0 Å². The van der Waals surface area contributed by atoms with Crippen molar-refractivity contribution in [3.8, 4) is 0 Å². The van der Waals surface area contributed by atoms with E-state index in [1.165, 1.54) is 0 Å². The van der Waals surface area contributed by atoms with Crippen molar-refractivity contribution in [2.75, 3.05) is 25.9 Å². The van der Waals surface area contributed by atoms with Gasteiger partial charge in [-0.3, -0.25) is 4.99 Å². The molecule has 6 nitrogen and oxygen atoms in total. The highest BCUT2D eigenvalue weighted by atomic mass is 32.2. The molecule has 0 fully saturated rings. The topological polar surface area (TPSA) is 83.5 Å². The van der Waals surface area contributed by atoms with Gasteiger partial charge in [0.05, 0.1) is 16.5 Å². The summed E-state index contributed by atoms with van der Waals surface area (Å²) in [5.41, 5.74) is -0.120. The maximum absolute atomic E-state index is 12.5. The first-order valence-electron chi connectivity index (χ1n) is 8.90. The lowest BCUT2D eigenvalue weighted by atomic mass is 10.2. The van der Waals surface area contributed by atoms with Crippen LogP contribution < -0.4 is 10.6 Å². The Hall–Kier alpha value is -2.14. The van der Waals surface area contributed by atoms with Crippen molar-refractivity contribution in [3.05, 3.63) is 52.0 Å². The van der Waals surface area contributed by atoms with Crippen LogP contribution >= 0.6 is 11.3 Å². The third kappa shape index (κ3) is 8.40. The number of aliphatic imine (C=N–C) groups is 1. The first-order chi connectivity index (χ1) is 13.7. The molecule has 0 aliphatic rings. The van der Waals surface area contributed by atoms with Crippen molar-refractivity contribution in [1.29, 1.82) is 0 Å². The Labute approximate surface area is 172 Å². The molecule has 1 aromatic heterocycles. The Morgan fingerprint density at radius 1 is 1.17 bits per heavy atom. The van der Waals surface area contributed by atoms with Crippen LogP contribution in [0.15, 0.2) is 40.7 Å². The number of alkyl halides is 3. The van der Waals surface area contributed by atoms with Gasteiger partial charge < -0.3 is 10.6 Å². The molecule has 0 amide bonds. The predicted molar refractivity (Wildman–Crippen MR) is 109 cm³/mol. The smallest absolute Gasteiger partial charge is 0.356 e. The number of thiazole rings is 1. The number of hydrogen-bond donors (Lipinski definition) is 2. The van der Waals surface area contributed by atoms with Gasteiger partial charge in [0.1, 0.15) is 0 Å². The SMILES string of the molecule is CN=C(NCCCS(=O)(=O)Cc1ccccc1)NCCc1nc(C(F)(F)F)cs1. The summed E-state index contributed by atoms with van der Waals surface area (Å²) in [6, 6.07) is 9.00. The van der Waals surface area contributed by atoms with Crippen molar-refractivity contribution in [2.45, 2.75) is 24.8 Å². The highest BCUT2D eigenvalue weighted by molar-refractivity contribution is 7.90. The summed E-state index contributed by atoms with van der Waals surface area (Å²) in [6.07, 6.45) is -3.69. The van der Waals surface area contributed by atoms with E-state index in [2.05, 4.69) is 20.6 Å². The molecule has 0 spiro atoms. The molecule has 29 heavy (non-hydrogen) atoms. The minimum absolute atomic E-state index is 0.00847. The number of halogens is 3. The molecular weight excluding hydrogens is 425 g/mol. The summed E-state index contributed by atoms with van der Waals surface area (Å²) < 4.78 is 61.9. The molecule has 0 aliphatic heterocycles. The van der Waals surface area contributed by atoms with Crippen LogP contribution in [0.4, 0.5) is 13.2 Å². The minimum Gasteiger partial charge on any atom is -0.356 e. The van der Waals surface area contributed by atoms with E-state index in [0.717, 1.165) is 22.3 Å². The highest BCUT2D eigenvalue weighted by Gasteiger charge is 2.33. The van der Waals surface area contributed by atoms with Crippen LogP contribution in [-0.2, 0) is 28.2 Å². The van der Waals surface area contributed by atoms with Gasteiger partial charge in [-0.2, -0.15) is 13.2 Å². The molecule has 0 atom stereocenters. The lowest BCUT2D eigenvalue weighted by Gasteiger charge is -2.11. The Bertz CT molecular complexity index is 897. The normalized spacial score (nSPS) is 12.8. The van der Waals surface area contributed by atoms with Gasteiger partial charge in [-0.1, -0.05) is 30.3 Å². The Kier molecular flexibility index (Phi) is 8.45. The van der Waals surface area contributed by atoms with Gasteiger partial charge in [-0.15, -0.1) is 11.3 Å². The summed E-state index contributed by atoms with van der Waals surface area (Å²) in [4.78, 5) is 7.58. The summed E-state index contributed by atoms with van der Waals surface area (Å²) in [5, 5.41) is 7.36. The van der Waals surface area contributed by atoms with Gasteiger partial charge in [-0.25, -0.2) is 13.4 Å².